The van der Waals surface area contributed by atoms with Gasteiger partial charge in [-0.3, -0.25) is 9.78 Å². The van der Waals surface area contributed by atoms with Crippen LogP contribution in [0.2, 0.25) is 5.02 Å². The van der Waals surface area contributed by atoms with Crippen LogP contribution in [0.3, 0.4) is 0 Å². The lowest BCUT2D eigenvalue weighted by molar-refractivity contribution is -0.253. The molecule has 0 aliphatic heterocycles. The molecule has 15 heteroatoms. The number of hydrogen-bond acceptors (Lipinski definition) is 4. The van der Waals surface area contributed by atoms with Crippen molar-refractivity contribution in [1.29, 1.82) is 0 Å². The number of nitrogens with one attached hydrogen (secondary N) is 2. The normalized spacial score (nSPS) is 13.4. The zero-order valence-electron chi connectivity index (χ0n) is 21.4. The highest BCUT2D eigenvalue weighted by molar-refractivity contribution is 6.30. The van der Waals surface area contributed by atoms with Gasteiger partial charge in [-0.05, 0) is 35.4 Å². The molecule has 1 aromatic heterocycles. The molecule has 2 amide bonds. The van der Waals surface area contributed by atoms with E-state index in [2.05, 4.69) is 15.0 Å². The third-order valence-corrected chi connectivity index (χ3v) is 6.11. The third-order valence-electron chi connectivity index (χ3n) is 5.89. The maximum atomic E-state index is 14.8. The fourth-order valence-electron chi connectivity index (χ4n) is 3.95. The molecule has 0 saturated heterocycles. The monoisotopic (exact) mass is 621 g/mol. The van der Waals surface area contributed by atoms with Gasteiger partial charge in [0.15, 0.2) is 0 Å². The van der Waals surface area contributed by atoms with Crippen molar-refractivity contribution < 1.29 is 50.2 Å². The van der Waals surface area contributed by atoms with E-state index in [1.165, 1.54) is 12.1 Å². The maximum absolute atomic E-state index is 14.8. The van der Waals surface area contributed by atoms with E-state index in [0.29, 0.717) is 11.6 Å². The van der Waals surface area contributed by atoms with Crippen molar-refractivity contribution in [3.05, 3.63) is 94.5 Å². The molecule has 226 valence electrons. The Labute approximate surface area is 239 Å². The summed E-state index contributed by atoms with van der Waals surface area (Å²) in [6.45, 7) is -1.29. The second-order valence-electron chi connectivity index (χ2n) is 9.13. The highest BCUT2D eigenvalue weighted by Gasteiger charge is 2.45. The van der Waals surface area contributed by atoms with Crippen LogP contribution in [0.15, 0.2) is 66.9 Å². The van der Waals surface area contributed by atoms with Crippen molar-refractivity contribution >= 4 is 23.6 Å². The van der Waals surface area contributed by atoms with Crippen molar-refractivity contribution in [3.63, 3.8) is 0 Å². The van der Waals surface area contributed by atoms with E-state index >= 15 is 0 Å². The molecule has 3 N–H and O–H groups in total. The number of aromatic nitrogens is 1. The van der Waals surface area contributed by atoms with Crippen LogP contribution >= 0.6 is 11.6 Å². The van der Waals surface area contributed by atoms with Crippen molar-refractivity contribution in [1.82, 2.24) is 15.6 Å². The van der Waals surface area contributed by atoms with E-state index < -0.39 is 66.9 Å². The quantitative estimate of drug-likeness (QED) is 0.192. The number of rotatable bonds is 13. The third kappa shape index (κ3) is 8.71. The molecule has 0 saturated carbocycles. The molecular formula is C27H23ClF7N3O4. The molecule has 7 nitrogen and oxygen atoms in total. The number of carboxylic acid groups (broad SMARTS) is 1. The number of hydrogen-bond donors (Lipinski definition) is 3. The first-order valence-corrected chi connectivity index (χ1v) is 12.5. The minimum absolute atomic E-state index is 0.0688. The van der Waals surface area contributed by atoms with Gasteiger partial charge in [0.25, 0.3) is 5.92 Å². The Morgan fingerprint density at radius 2 is 1.71 bits per heavy atom. The summed E-state index contributed by atoms with van der Waals surface area (Å²) >= 11 is 5.96. The molecule has 2 aromatic carbocycles. The van der Waals surface area contributed by atoms with Gasteiger partial charge in [0.2, 0.25) is 0 Å². The molecule has 0 radical (unpaired) electrons. The van der Waals surface area contributed by atoms with Gasteiger partial charge in [0.1, 0.15) is 17.1 Å². The average Bonchev–Trinajstić information content (AvgIpc) is 2.91. The fourth-order valence-corrected chi connectivity index (χ4v) is 4.06. The first-order chi connectivity index (χ1) is 19.6. The molecule has 0 aliphatic carbocycles. The number of urea groups is 1. The largest absolute Gasteiger partial charge is 0.481 e. The predicted molar refractivity (Wildman–Crippen MR) is 137 cm³/mol. The number of carbonyl (C=O) groups is 2. The Balaban J connectivity index is 2.13. The number of amides is 2. The zero-order chi connectivity index (χ0) is 31.1. The molecule has 3 rings (SSSR count). The molecule has 0 fully saturated rings. The molecule has 1 heterocycles. The predicted octanol–water partition coefficient (Wildman–Crippen LogP) is 6.40. The summed E-state index contributed by atoms with van der Waals surface area (Å²) < 4.78 is 100. The zero-order valence-corrected chi connectivity index (χ0v) is 22.2. The Hall–Kier alpha value is -4.07. The summed E-state index contributed by atoms with van der Waals surface area (Å²) in [5, 5.41) is 13.2. The summed E-state index contributed by atoms with van der Waals surface area (Å²) in [6, 6.07) is 11.4. The van der Waals surface area contributed by atoms with Gasteiger partial charge < -0.3 is 20.5 Å². The van der Waals surface area contributed by atoms with Crippen LogP contribution in [0.5, 0.6) is 5.75 Å². The second-order valence-corrected chi connectivity index (χ2v) is 9.56. The first-order valence-electron chi connectivity index (χ1n) is 12.1. The summed E-state index contributed by atoms with van der Waals surface area (Å²) in [4.78, 5) is 27.9. The molecule has 0 aliphatic rings. The number of ether oxygens (including phenoxy) is 1. The highest BCUT2D eigenvalue weighted by Crippen LogP contribution is 2.37. The molecular weight excluding hydrogens is 599 g/mol. The highest BCUT2D eigenvalue weighted by atomic mass is 35.5. The number of halogens is 8. The minimum Gasteiger partial charge on any atom is -0.481 e. The standard InChI is InChI=1S/C27H23ClF7N3O4/c28-18-6-7-21(36-14-18)26(13-16-4-2-1-3-5-16,38-24(41)37-15-25(32,33)9-8-22(39)40)17-10-19(29)12-20(11-17)42-27(34,35)23(30)31/h1-7,10-12,14,23H,8-9,13,15H2,(H,39,40)(H2,37,38,41)/t26-/m0/s1. The van der Waals surface area contributed by atoms with E-state index in [1.807, 2.05) is 5.32 Å². The Morgan fingerprint density at radius 3 is 2.31 bits per heavy atom. The summed E-state index contributed by atoms with van der Waals surface area (Å²) in [6.07, 6.45) is -10.4. The lowest BCUT2D eigenvalue weighted by Crippen LogP contribution is -2.54. The van der Waals surface area contributed by atoms with E-state index in [4.69, 9.17) is 16.7 Å². The van der Waals surface area contributed by atoms with Gasteiger partial charge in [-0.2, -0.15) is 17.6 Å². The maximum Gasteiger partial charge on any atom is 0.461 e. The van der Waals surface area contributed by atoms with Gasteiger partial charge >= 0.3 is 24.5 Å². The van der Waals surface area contributed by atoms with Crippen LogP contribution in [0.4, 0.5) is 35.5 Å². The number of pyridine rings is 1. The van der Waals surface area contributed by atoms with E-state index in [1.54, 1.807) is 30.3 Å². The Bertz CT molecular complexity index is 1380. The molecule has 0 unspecified atom stereocenters. The van der Waals surface area contributed by atoms with Crippen LogP contribution < -0.4 is 15.4 Å². The van der Waals surface area contributed by atoms with Crippen LogP contribution in [0, 0.1) is 5.82 Å². The van der Waals surface area contributed by atoms with Gasteiger partial charge in [-0.25, -0.2) is 18.0 Å². The van der Waals surface area contributed by atoms with Crippen LogP contribution in [-0.2, 0) is 16.8 Å². The van der Waals surface area contributed by atoms with Crippen LogP contribution in [0.1, 0.15) is 29.7 Å². The van der Waals surface area contributed by atoms with E-state index in [0.717, 1.165) is 18.3 Å². The van der Waals surface area contributed by atoms with Crippen molar-refractivity contribution in [2.75, 3.05) is 6.54 Å². The number of nitrogens with zero attached hydrogens (tertiary/aromatic N) is 1. The smallest absolute Gasteiger partial charge is 0.461 e. The van der Waals surface area contributed by atoms with Gasteiger partial charge in [0, 0.05) is 25.1 Å². The van der Waals surface area contributed by atoms with E-state index in [9.17, 15) is 40.3 Å². The van der Waals surface area contributed by atoms with Crippen molar-refractivity contribution in [3.8, 4) is 5.75 Å². The summed E-state index contributed by atoms with van der Waals surface area (Å²) in [5.41, 5.74) is -1.94. The lowest BCUT2D eigenvalue weighted by Gasteiger charge is -2.36. The number of carboxylic acids is 1. The Morgan fingerprint density at radius 1 is 1.02 bits per heavy atom. The number of alkyl halides is 6. The molecule has 0 spiro atoms. The van der Waals surface area contributed by atoms with Crippen LogP contribution in [0.25, 0.3) is 0 Å². The first kappa shape index (κ1) is 32.4. The van der Waals surface area contributed by atoms with E-state index in [-0.39, 0.29) is 22.7 Å². The van der Waals surface area contributed by atoms with Gasteiger partial charge in [0.05, 0.1) is 23.7 Å². The minimum atomic E-state index is -5.00. The lowest BCUT2D eigenvalue weighted by atomic mass is 9.80. The fraction of sp³-hybridized carbons (Fsp3) is 0.296. The van der Waals surface area contributed by atoms with Crippen molar-refractivity contribution in [2.45, 2.75) is 43.3 Å². The topological polar surface area (TPSA) is 101 Å². The molecule has 1 atom stereocenters. The SMILES string of the molecule is O=C(O)CCC(F)(F)CNC(=O)N[C@@](Cc1ccccc1)(c1cc(F)cc(OC(F)(F)C(F)F)c1)c1ccc(Cl)cn1. The van der Waals surface area contributed by atoms with Gasteiger partial charge in [-0.1, -0.05) is 41.9 Å². The number of aliphatic carboxylic acids is 1. The Kier molecular flexibility index (Phi) is 10.3. The summed E-state index contributed by atoms with van der Waals surface area (Å²) in [5.74, 6) is -7.35. The number of carbonyl (C=O) groups excluding carboxylic acids is 1. The molecule has 0 bridgehead atoms. The van der Waals surface area contributed by atoms with Crippen molar-refractivity contribution in [2.24, 2.45) is 0 Å². The van der Waals surface area contributed by atoms with Crippen LogP contribution in [-0.4, -0.2) is 47.1 Å². The molecule has 42 heavy (non-hydrogen) atoms. The number of benzene rings is 2. The average molecular weight is 622 g/mol. The summed E-state index contributed by atoms with van der Waals surface area (Å²) in [7, 11) is 0. The van der Waals surface area contributed by atoms with Gasteiger partial charge in [-0.15, -0.1) is 0 Å². The molecule has 3 aromatic rings. The second kappa shape index (κ2) is 13.3.